The number of nitrogens with one attached hydrogen (secondary N) is 1. The molecule has 4 heteroatoms. The van der Waals surface area contributed by atoms with Crippen LogP contribution in [0.1, 0.15) is 44.3 Å². The van der Waals surface area contributed by atoms with E-state index < -0.39 is 0 Å². The first-order chi connectivity index (χ1) is 10.3. The highest BCUT2D eigenvalue weighted by molar-refractivity contribution is 5.81. The Morgan fingerprint density at radius 1 is 1.29 bits per heavy atom. The van der Waals surface area contributed by atoms with E-state index in [9.17, 15) is 4.79 Å². The van der Waals surface area contributed by atoms with Gasteiger partial charge < -0.3 is 9.64 Å². The average Bonchev–Trinajstić information content (AvgIpc) is 2.82. The number of carbonyl (C=O) groups is 1. The predicted molar refractivity (Wildman–Crippen MR) is 82.0 cm³/mol. The molecule has 1 aromatic rings. The molecule has 1 atom stereocenters. The van der Waals surface area contributed by atoms with Crippen molar-refractivity contribution in [2.45, 2.75) is 38.8 Å². The van der Waals surface area contributed by atoms with Gasteiger partial charge in [-0.2, -0.15) is 0 Å². The van der Waals surface area contributed by atoms with E-state index in [4.69, 9.17) is 4.74 Å². The van der Waals surface area contributed by atoms with Gasteiger partial charge in [0.1, 0.15) is 11.9 Å². The lowest BCUT2D eigenvalue weighted by molar-refractivity contribution is -0.129. The molecule has 1 aliphatic heterocycles. The van der Waals surface area contributed by atoms with E-state index in [2.05, 4.69) is 24.4 Å². The van der Waals surface area contributed by atoms with Crippen LogP contribution in [-0.4, -0.2) is 30.5 Å². The summed E-state index contributed by atoms with van der Waals surface area (Å²) in [5.41, 5.74) is 1.14. The second kappa shape index (κ2) is 6.48. The van der Waals surface area contributed by atoms with Gasteiger partial charge in [0.15, 0.2) is 0 Å². The molecule has 1 aliphatic carbocycles. The first-order valence-electron chi connectivity index (χ1n) is 8.03. The van der Waals surface area contributed by atoms with Gasteiger partial charge in [-0.15, -0.1) is 0 Å². The van der Waals surface area contributed by atoms with Gasteiger partial charge in [0.25, 0.3) is 0 Å². The van der Waals surface area contributed by atoms with Gasteiger partial charge in [-0.1, -0.05) is 25.5 Å². The van der Waals surface area contributed by atoms with Crippen molar-refractivity contribution in [3.05, 3.63) is 29.8 Å². The number of carbonyl (C=O) groups excluding carboxylic acids is 1. The molecular weight excluding hydrogens is 264 g/mol. The number of hydrogen-bond donors (Lipinski definition) is 1. The second-order valence-electron chi connectivity index (χ2n) is 6.04. The van der Waals surface area contributed by atoms with Crippen molar-refractivity contribution < 1.29 is 9.53 Å². The standard InChI is InChI=1S/C17H24N2O2/c1-2-10-21-15-8-6-14(7-9-15)17-18-11-16(20)19(17)12-13-4-3-5-13/h6-9,13,17-18H,2-5,10-12H2,1H3. The van der Waals surface area contributed by atoms with Crippen LogP contribution in [-0.2, 0) is 4.79 Å². The number of ether oxygens (including phenoxy) is 1. The van der Waals surface area contributed by atoms with E-state index in [0.29, 0.717) is 12.5 Å². The van der Waals surface area contributed by atoms with Crippen LogP contribution in [0.25, 0.3) is 0 Å². The molecular formula is C17H24N2O2. The third-order valence-electron chi connectivity index (χ3n) is 4.43. The smallest absolute Gasteiger partial charge is 0.238 e. The molecule has 2 aliphatic rings. The maximum absolute atomic E-state index is 12.1. The van der Waals surface area contributed by atoms with Crippen molar-refractivity contribution in [3.63, 3.8) is 0 Å². The Kier molecular flexibility index (Phi) is 4.44. The van der Waals surface area contributed by atoms with E-state index >= 15 is 0 Å². The quantitative estimate of drug-likeness (QED) is 0.875. The highest BCUT2D eigenvalue weighted by Crippen LogP contribution is 2.31. The molecule has 4 nitrogen and oxygen atoms in total. The lowest BCUT2D eigenvalue weighted by Crippen LogP contribution is -2.36. The molecule has 1 saturated carbocycles. The topological polar surface area (TPSA) is 41.6 Å². The van der Waals surface area contributed by atoms with E-state index in [1.54, 1.807) is 0 Å². The molecule has 1 N–H and O–H groups in total. The lowest BCUT2D eigenvalue weighted by atomic mass is 9.85. The van der Waals surface area contributed by atoms with Crippen molar-refractivity contribution in [3.8, 4) is 5.75 Å². The minimum atomic E-state index is 0.0262. The van der Waals surface area contributed by atoms with Gasteiger partial charge in [-0.3, -0.25) is 10.1 Å². The molecule has 1 heterocycles. The fraction of sp³-hybridized carbons (Fsp3) is 0.588. The second-order valence-corrected chi connectivity index (χ2v) is 6.04. The largest absolute Gasteiger partial charge is 0.494 e. The number of hydrogen-bond acceptors (Lipinski definition) is 3. The molecule has 0 aromatic heterocycles. The van der Waals surface area contributed by atoms with Crippen molar-refractivity contribution in [1.29, 1.82) is 0 Å². The first-order valence-corrected chi connectivity index (χ1v) is 8.03. The van der Waals surface area contributed by atoms with Crippen LogP contribution in [0.5, 0.6) is 5.75 Å². The zero-order chi connectivity index (χ0) is 14.7. The van der Waals surface area contributed by atoms with E-state index in [0.717, 1.165) is 30.9 Å². The number of benzene rings is 1. The van der Waals surface area contributed by atoms with Crippen molar-refractivity contribution in [2.75, 3.05) is 19.7 Å². The maximum atomic E-state index is 12.1. The average molecular weight is 288 g/mol. The molecule has 3 rings (SSSR count). The van der Waals surface area contributed by atoms with Crippen LogP contribution in [0, 0.1) is 5.92 Å². The molecule has 0 radical (unpaired) electrons. The van der Waals surface area contributed by atoms with Crippen LogP contribution in [0.3, 0.4) is 0 Å². The zero-order valence-electron chi connectivity index (χ0n) is 12.7. The summed E-state index contributed by atoms with van der Waals surface area (Å²) in [7, 11) is 0. The molecule has 114 valence electrons. The van der Waals surface area contributed by atoms with E-state index in [1.807, 2.05) is 17.0 Å². The Balaban J connectivity index is 1.67. The molecule has 0 spiro atoms. The molecule has 1 amide bonds. The molecule has 1 aromatic carbocycles. The molecule has 0 bridgehead atoms. The van der Waals surface area contributed by atoms with Gasteiger partial charge in [-0.25, -0.2) is 0 Å². The van der Waals surface area contributed by atoms with E-state index in [-0.39, 0.29) is 12.1 Å². The van der Waals surface area contributed by atoms with Crippen molar-refractivity contribution in [2.24, 2.45) is 5.92 Å². The predicted octanol–water partition coefficient (Wildman–Crippen LogP) is 2.71. The normalized spacial score (nSPS) is 22.4. The third-order valence-corrected chi connectivity index (χ3v) is 4.43. The minimum absolute atomic E-state index is 0.0262. The summed E-state index contributed by atoms with van der Waals surface area (Å²) in [6.45, 7) is 4.18. The van der Waals surface area contributed by atoms with Crippen LogP contribution >= 0.6 is 0 Å². The summed E-state index contributed by atoms with van der Waals surface area (Å²) >= 11 is 0. The van der Waals surface area contributed by atoms with Gasteiger partial charge in [-0.05, 0) is 42.9 Å². The molecule has 1 saturated heterocycles. The summed E-state index contributed by atoms with van der Waals surface area (Å²) in [6, 6.07) is 8.12. The van der Waals surface area contributed by atoms with Crippen LogP contribution in [0.15, 0.2) is 24.3 Å². The van der Waals surface area contributed by atoms with Gasteiger partial charge >= 0.3 is 0 Å². The highest BCUT2D eigenvalue weighted by Gasteiger charge is 2.34. The fourth-order valence-electron chi connectivity index (χ4n) is 2.96. The first kappa shape index (κ1) is 14.4. The Bertz CT molecular complexity index is 482. The molecule has 2 fully saturated rings. The van der Waals surface area contributed by atoms with Crippen LogP contribution in [0.2, 0.25) is 0 Å². The number of rotatable bonds is 6. The Hall–Kier alpha value is -1.55. The van der Waals surface area contributed by atoms with Crippen LogP contribution in [0.4, 0.5) is 0 Å². The molecule has 21 heavy (non-hydrogen) atoms. The van der Waals surface area contributed by atoms with Gasteiger partial charge in [0, 0.05) is 6.54 Å². The summed E-state index contributed by atoms with van der Waals surface area (Å²) in [5.74, 6) is 1.82. The zero-order valence-corrected chi connectivity index (χ0v) is 12.7. The van der Waals surface area contributed by atoms with Gasteiger partial charge in [0.05, 0.1) is 13.2 Å². The lowest BCUT2D eigenvalue weighted by Gasteiger charge is -2.33. The fourth-order valence-corrected chi connectivity index (χ4v) is 2.96. The summed E-state index contributed by atoms with van der Waals surface area (Å²) in [5, 5.41) is 3.32. The van der Waals surface area contributed by atoms with Gasteiger partial charge in [0.2, 0.25) is 5.91 Å². The van der Waals surface area contributed by atoms with Crippen molar-refractivity contribution in [1.82, 2.24) is 10.2 Å². The van der Waals surface area contributed by atoms with Crippen molar-refractivity contribution >= 4 is 5.91 Å². The van der Waals surface area contributed by atoms with E-state index in [1.165, 1.54) is 19.3 Å². The summed E-state index contributed by atoms with van der Waals surface area (Å²) in [4.78, 5) is 14.1. The Morgan fingerprint density at radius 2 is 2.05 bits per heavy atom. The maximum Gasteiger partial charge on any atom is 0.238 e. The summed E-state index contributed by atoms with van der Waals surface area (Å²) in [6.07, 6.45) is 4.88. The monoisotopic (exact) mass is 288 g/mol. The SMILES string of the molecule is CCCOc1ccc(C2NCC(=O)N2CC2CCC2)cc1. The third kappa shape index (κ3) is 3.21. The minimum Gasteiger partial charge on any atom is -0.494 e. The Labute approximate surface area is 126 Å². The molecule has 1 unspecified atom stereocenters. The van der Waals surface area contributed by atoms with Crippen LogP contribution < -0.4 is 10.1 Å². The highest BCUT2D eigenvalue weighted by atomic mass is 16.5. The Morgan fingerprint density at radius 3 is 2.67 bits per heavy atom. The number of amides is 1. The number of nitrogens with zero attached hydrogens (tertiary/aromatic N) is 1. The summed E-state index contributed by atoms with van der Waals surface area (Å²) < 4.78 is 5.61.